The van der Waals surface area contributed by atoms with Gasteiger partial charge >= 0.3 is 6.09 Å². The molecule has 0 radical (unpaired) electrons. The monoisotopic (exact) mass is 531 g/mol. The third-order valence-corrected chi connectivity index (χ3v) is 7.13. The molecule has 0 fully saturated rings. The van der Waals surface area contributed by atoms with Crippen LogP contribution in [0.1, 0.15) is 33.3 Å². The van der Waals surface area contributed by atoms with Crippen molar-refractivity contribution in [1.29, 1.82) is 0 Å². The zero-order valence-corrected chi connectivity index (χ0v) is 22.6. The largest absolute Gasteiger partial charge is 0.445 e. The highest BCUT2D eigenvalue weighted by Crippen LogP contribution is 2.21. The number of sulfonamides is 1. The second-order valence-corrected chi connectivity index (χ2v) is 11.4. The Labute approximate surface area is 219 Å². The van der Waals surface area contributed by atoms with Gasteiger partial charge in [-0.05, 0) is 54.7 Å². The van der Waals surface area contributed by atoms with Crippen molar-refractivity contribution in [2.75, 3.05) is 25.0 Å². The fourth-order valence-corrected chi connectivity index (χ4v) is 5.23. The van der Waals surface area contributed by atoms with Crippen LogP contribution in [-0.2, 0) is 26.0 Å². The summed E-state index contributed by atoms with van der Waals surface area (Å²) < 4.78 is 33.4. The van der Waals surface area contributed by atoms with Crippen LogP contribution in [0.15, 0.2) is 71.6 Å². The molecule has 10 heteroatoms. The van der Waals surface area contributed by atoms with Crippen molar-refractivity contribution in [3.05, 3.63) is 72.3 Å². The fourth-order valence-electron chi connectivity index (χ4n) is 3.61. The lowest BCUT2D eigenvalue weighted by Gasteiger charge is -2.30. The number of amides is 2. The van der Waals surface area contributed by atoms with Crippen molar-refractivity contribution in [3.63, 3.8) is 0 Å². The van der Waals surface area contributed by atoms with Crippen LogP contribution < -0.4 is 10.6 Å². The first-order valence-electron chi connectivity index (χ1n) is 12.1. The van der Waals surface area contributed by atoms with E-state index in [1.807, 2.05) is 44.2 Å². The summed E-state index contributed by atoms with van der Waals surface area (Å²) in [5.74, 6) is -0.291. The smallest absolute Gasteiger partial charge is 0.407 e. The van der Waals surface area contributed by atoms with Crippen LogP contribution in [0.2, 0.25) is 0 Å². The highest BCUT2D eigenvalue weighted by Gasteiger charge is 2.31. The van der Waals surface area contributed by atoms with Crippen LogP contribution in [0.5, 0.6) is 0 Å². The number of nitrogens with one attached hydrogen (secondary N) is 2. The van der Waals surface area contributed by atoms with Crippen molar-refractivity contribution >= 4 is 27.7 Å². The minimum atomic E-state index is -3.99. The molecule has 3 N–H and O–H groups in total. The number of benzene rings is 2. The van der Waals surface area contributed by atoms with Gasteiger partial charge in [-0.15, -0.1) is 0 Å². The second kappa shape index (κ2) is 13.9. The predicted octanol–water partition coefficient (Wildman–Crippen LogP) is 3.57. The summed E-state index contributed by atoms with van der Waals surface area (Å²) in [6.07, 6.45) is -1.69. The zero-order valence-electron chi connectivity index (χ0n) is 21.8. The topological polar surface area (TPSA) is 125 Å². The average Bonchev–Trinajstić information content (AvgIpc) is 2.82. The SMILES string of the molecule is C=C(C)COC(=O)N[C@@H](Cc1ccccc1)[C@H](O)CN(CC(C)C)S(=O)(=O)c1ccc(NC(C)=O)cc1. The van der Waals surface area contributed by atoms with Crippen molar-refractivity contribution in [2.24, 2.45) is 5.92 Å². The van der Waals surface area contributed by atoms with Gasteiger partial charge in [-0.2, -0.15) is 4.31 Å². The molecule has 0 aliphatic heterocycles. The molecular weight excluding hydrogens is 494 g/mol. The Morgan fingerprint density at radius 2 is 1.65 bits per heavy atom. The number of aliphatic hydroxyl groups is 1. The van der Waals surface area contributed by atoms with Crippen molar-refractivity contribution < 1.29 is 27.9 Å². The Morgan fingerprint density at radius 3 is 2.19 bits per heavy atom. The molecule has 2 rings (SSSR count). The normalized spacial score (nSPS) is 13.2. The first kappa shape index (κ1) is 30.0. The predicted molar refractivity (Wildman–Crippen MR) is 144 cm³/mol. The van der Waals surface area contributed by atoms with E-state index >= 15 is 0 Å². The molecule has 2 amide bonds. The van der Waals surface area contributed by atoms with Crippen molar-refractivity contribution in [1.82, 2.24) is 9.62 Å². The Morgan fingerprint density at radius 1 is 1.03 bits per heavy atom. The number of nitrogens with zero attached hydrogens (tertiary/aromatic N) is 1. The van der Waals surface area contributed by atoms with Crippen molar-refractivity contribution in [2.45, 2.75) is 51.2 Å². The number of alkyl carbamates (subject to hydrolysis) is 1. The van der Waals surface area contributed by atoms with Gasteiger partial charge in [0.1, 0.15) is 6.61 Å². The maximum Gasteiger partial charge on any atom is 0.407 e. The zero-order chi connectivity index (χ0) is 27.6. The summed E-state index contributed by atoms with van der Waals surface area (Å²) in [6.45, 7) is 10.5. The summed E-state index contributed by atoms with van der Waals surface area (Å²) in [7, 11) is -3.99. The van der Waals surface area contributed by atoms with Gasteiger partial charge in [-0.3, -0.25) is 4.79 Å². The summed E-state index contributed by atoms with van der Waals surface area (Å²) >= 11 is 0. The minimum Gasteiger partial charge on any atom is -0.445 e. The molecule has 0 aliphatic rings. The summed E-state index contributed by atoms with van der Waals surface area (Å²) in [4.78, 5) is 23.7. The Balaban J connectivity index is 2.29. The van der Waals surface area contributed by atoms with Gasteiger partial charge in [0, 0.05) is 25.7 Å². The molecule has 0 unspecified atom stereocenters. The van der Waals surface area contributed by atoms with E-state index in [4.69, 9.17) is 4.74 Å². The molecule has 0 saturated carbocycles. The third-order valence-electron chi connectivity index (χ3n) is 5.29. The number of aliphatic hydroxyl groups excluding tert-OH is 1. The van der Waals surface area contributed by atoms with E-state index in [1.54, 1.807) is 6.92 Å². The molecule has 9 nitrogen and oxygen atoms in total. The number of carbonyl (C=O) groups is 2. The summed E-state index contributed by atoms with van der Waals surface area (Å²) in [5, 5.41) is 16.5. The lowest BCUT2D eigenvalue weighted by molar-refractivity contribution is -0.114. The number of hydrogen-bond acceptors (Lipinski definition) is 6. The lowest BCUT2D eigenvalue weighted by Crippen LogP contribution is -2.51. The molecule has 2 atom stereocenters. The number of ether oxygens (including phenoxy) is 1. The number of anilines is 1. The summed E-state index contributed by atoms with van der Waals surface area (Å²) in [6, 6.07) is 14.3. The van der Waals surface area contributed by atoms with Gasteiger partial charge in [-0.25, -0.2) is 13.2 Å². The van der Waals surface area contributed by atoms with Gasteiger partial charge in [0.25, 0.3) is 0 Å². The van der Waals surface area contributed by atoms with Crippen molar-refractivity contribution in [3.8, 4) is 0 Å². The van der Waals surface area contributed by atoms with E-state index in [-0.39, 0.29) is 42.8 Å². The molecule has 0 aromatic heterocycles. The van der Waals surface area contributed by atoms with E-state index in [0.717, 1.165) is 5.56 Å². The van der Waals surface area contributed by atoms with E-state index < -0.39 is 28.3 Å². The highest BCUT2D eigenvalue weighted by atomic mass is 32.2. The first-order chi connectivity index (χ1) is 17.4. The van der Waals surface area contributed by atoms with Crippen LogP contribution in [0.3, 0.4) is 0 Å². The number of carbonyl (C=O) groups excluding carboxylic acids is 2. The first-order valence-corrected chi connectivity index (χ1v) is 13.5. The van der Waals surface area contributed by atoms with Crippen LogP contribution in [0.4, 0.5) is 10.5 Å². The molecule has 0 aliphatic carbocycles. The molecule has 2 aromatic rings. The minimum absolute atomic E-state index is 0.0262. The molecule has 0 heterocycles. The number of hydrogen-bond donors (Lipinski definition) is 3. The number of rotatable bonds is 13. The van der Waals surface area contributed by atoms with Gasteiger partial charge in [0.15, 0.2) is 0 Å². The van der Waals surface area contributed by atoms with Crippen LogP contribution in [0.25, 0.3) is 0 Å². The van der Waals surface area contributed by atoms with Gasteiger partial charge in [0.05, 0.1) is 17.0 Å². The highest BCUT2D eigenvalue weighted by molar-refractivity contribution is 7.89. The molecule has 202 valence electrons. The quantitative estimate of drug-likeness (QED) is 0.340. The van der Waals surface area contributed by atoms with Crippen LogP contribution in [-0.4, -0.2) is 61.7 Å². The van der Waals surface area contributed by atoms with Gasteiger partial charge < -0.3 is 20.5 Å². The van der Waals surface area contributed by atoms with Crippen LogP contribution >= 0.6 is 0 Å². The summed E-state index contributed by atoms with van der Waals surface area (Å²) in [5.41, 5.74) is 2.00. The van der Waals surface area contributed by atoms with Gasteiger partial charge in [-0.1, -0.05) is 50.8 Å². The van der Waals surface area contributed by atoms with E-state index in [1.165, 1.54) is 35.5 Å². The fraction of sp³-hybridized carbons (Fsp3) is 0.407. The van der Waals surface area contributed by atoms with Gasteiger partial charge in [0.2, 0.25) is 15.9 Å². The second-order valence-electron chi connectivity index (χ2n) is 9.46. The third kappa shape index (κ3) is 9.99. The molecule has 2 aromatic carbocycles. The standard InChI is InChI=1S/C27H37N3O6S/c1-19(2)16-30(37(34,35)24-13-11-23(12-14-24)28-21(5)31)17-26(32)25(15-22-9-7-6-8-10-22)29-27(33)36-18-20(3)4/h6-14,19,25-26,32H,3,15-18H2,1-2,4-5H3,(H,28,31)(H,29,33)/t25-,26+/m0/s1. The maximum absolute atomic E-state index is 13.5. The average molecular weight is 532 g/mol. The Kier molecular flexibility index (Phi) is 11.3. The van der Waals surface area contributed by atoms with E-state index in [2.05, 4.69) is 17.2 Å². The maximum atomic E-state index is 13.5. The van der Waals surface area contributed by atoms with E-state index in [0.29, 0.717) is 11.3 Å². The van der Waals surface area contributed by atoms with E-state index in [9.17, 15) is 23.1 Å². The Hall–Kier alpha value is -3.21. The molecule has 0 spiro atoms. The molecular formula is C27H37N3O6S. The van der Waals surface area contributed by atoms with Crippen LogP contribution in [0, 0.1) is 5.92 Å². The molecule has 37 heavy (non-hydrogen) atoms. The molecule has 0 bridgehead atoms. The molecule has 0 saturated heterocycles. The Bertz CT molecular complexity index is 1150. The lowest BCUT2D eigenvalue weighted by atomic mass is 10.0.